The molecule has 4 aromatic rings. The number of nitrogens with zero attached hydrogens (tertiary/aromatic N) is 1. The van der Waals surface area contributed by atoms with Crippen molar-refractivity contribution in [1.82, 2.24) is 10.3 Å². The Kier molecular flexibility index (Phi) is 8.52. The minimum atomic E-state index is -0.658. The van der Waals surface area contributed by atoms with E-state index in [0.717, 1.165) is 41.1 Å². The van der Waals surface area contributed by atoms with Crippen molar-refractivity contribution in [3.63, 3.8) is 0 Å². The molecule has 0 amide bonds. The highest BCUT2D eigenvalue weighted by atomic mass is 16.5. The fourth-order valence-corrected chi connectivity index (χ4v) is 5.19. The average molecular weight is 507 g/mol. The van der Waals surface area contributed by atoms with Crippen molar-refractivity contribution in [2.75, 3.05) is 13.7 Å². The SMILES string of the molecule is CCCNC(c1ccc(COC(Cc2ccc(OC)cc2)(c2ccccc2)c2ccccc2)cn1)C1CC1. The fourth-order valence-electron chi connectivity index (χ4n) is 5.19. The first-order valence-corrected chi connectivity index (χ1v) is 13.8. The van der Waals surface area contributed by atoms with Crippen LogP contribution in [0.15, 0.2) is 103 Å². The fraction of sp³-hybridized carbons (Fsp3) is 0.324. The van der Waals surface area contributed by atoms with Gasteiger partial charge >= 0.3 is 0 Å². The lowest BCUT2D eigenvalue weighted by atomic mass is 9.81. The number of pyridine rings is 1. The molecule has 0 radical (unpaired) electrons. The summed E-state index contributed by atoms with van der Waals surface area (Å²) in [5.74, 6) is 1.56. The van der Waals surface area contributed by atoms with Crippen LogP contribution in [0, 0.1) is 5.92 Å². The standard InChI is InChI=1S/C34H38N2O2/c1-3-22-35-33(28-17-18-28)32-21-16-27(24-36-32)25-38-34(29-10-6-4-7-11-29,30-12-8-5-9-13-30)23-26-14-19-31(37-2)20-15-26/h4-16,19-21,24,28,33,35H,3,17-18,22-23,25H2,1-2H3. The number of benzene rings is 3. The van der Waals surface area contributed by atoms with E-state index in [-0.39, 0.29) is 0 Å². The summed E-state index contributed by atoms with van der Waals surface area (Å²) >= 11 is 0. The zero-order valence-electron chi connectivity index (χ0n) is 22.5. The van der Waals surface area contributed by atoms with Gasteiger partial charge in [-0.05, 0) is 72.2 Å². The van der Waals surface area contributed by atoms with Crippen molar-refractivity contribution in [2.24, 2.45) is 5.92 Å². The van der Waals surface area contributed by atoms with Gasteiger partial charge in [0.1, 0.15) is 11.4 Å². The molecule has 1 aromatic heterocycles. The molecule has 1 heterocycles. The molecule has 4 heteroatoms. The largest absolute Gasteiger partial charge is 0.497 e. The van der Waals surface area contributed by atoms with E-state index >= 15 is 0 Å². The zero-order valence-corrected chi connectivity index (χ0v) is 22.5. The molecule has 1 aliphatic carbocycles. The molecule has 0 saturated heterocycles. The van der Waals surface area contributed by atoms with Crippen molar-refractivity contribution in [3.8, 4) is 5.75 Å². The van der Waals surface area contributed by atoms with E-state index in [4.69, 9.17) is 14.5 Å². The second-order valence-corrected chi connectivity index (χ2v) is 10.2. The summed E-state index contributed by atoms with van der Waals surface area (Å²) in [6.07, 6.45) is 6.39. The zero-order chi connectivity index (χ0) is 26.2. The minimum Gasteiger partial charge on any atom is -0.497 e. The molecular weight excluding hydrogens is 468 g/mol. The Morgan fingerprint density at radius 1 is 0.842 bits per heavy atom. The normalized spacial score (nSPS) is 14.3. The van der Waals surface area contributed by atoms with Gasteiger partial charge in [-0.1, -0.05) is 85.8 Å². The summed E-state index contributed by atoms with van der Waals surface area (Å²) in [6, 6.07) is 34.1. The molecule has 4 nitrogen and oxygen atoms in total. The van der Waals surface area contributed by atoms with E-state index < -0.39 is 5.60 Å². The molecule has 3 aromatic carbocycles. The van der Waals surface area contributed by atoms with Gasteiger partial charge in [0, 0.05) is 12.6 Å². The number of methoxy groups -OCH3 is 1. The Bertz CT molecular complexity index is 1210. The maximum atomic E-state index is 6.99. The summed E-state index contributed by atoms with van der Waals surface area (Å²) in [7, 11) is 1.70. The van der Waals surface area contributed by atoms with E-state index in [2.05, 4.69) is 97.2 Å². The monoisotopic (exact) mass is 506 g/mol. The lowest BCUT2D eigenvalue weighted by Crippen LogP contribution is -2.34. The highest BCUT2D eigenvalue weighted by Crippen LogP contribution is 2.41. The van der Waals surface area contributed by atoms with Gasteiger partial charge in [-0.2, -0.15) is 0 Å². The Hall–Kier alpha value is -3.47. The van der Waals surface area contributed by atoms with Crippen LogP contribution in [-0.2, 0) is 23.4 Å². The van der Waals surface area contributed by atoms with Gasteiger partial charge in [-0.25, -0.2) is 0 Å². The first-order valence-electron chi connectivity index (χ1n) is 13.8. The van der Waals surface area contributed by atoms with Gasteiger partial charge in [-0.3, -0.25) is 4.98 Å². The molecule has 0 bridgehead atoms. The number of aromatic nitrogens is 1. The number of hydrogen-bond acceptors (Lipinski definition) is 4. The maximum Gasteiger partial charge on any atom is 0.123 e. The highest BCUT2D eigenvalue weighted by Gasteiger charge is 2.36. The van der Waals surface area contributed by atoms with Crippen molar-refractivity contribution < 1.29 is 9.47 Å². The third-order valence-electron chi connectivity index (χ3n) is 7.45. The minimum absolute atomic E-state index is 0.354. The third kappa shape index (κ3) is 6.15. The second kappa shape index (κ2) is 12.4. The number of rotatable bonds is 13. The van der Waals surface area contributed by atoms with Crippen LogP contribution < -0.4 is 10.1 Å². The van der Waals surface area contributed by atoms with Gasteiger partial charge in [0.2, 0.25) is 0 Å². The molecule has 1 fully saturated rings. The molecule has 0 spiro atoms. The lowest BCUT2D eigenvalue weighted by Gasteiger charge is -2.36. The van der Waals surface area contributed by atoms with Crippen LogP contribution in [0.4, 0.5) is 0 Å². The van der Waals surface area contributed by atoms with Crippen LogP contribution in [0.25, 0.3) is 0 Å². The Morgan fingerprint density at radius 3 is 2.00 bits per heavy atom. The molecule has 0 aliphatic heterocycles. The molecule has 1 atom stereocenters. The van der Waals surface area contributed by atoms with Crippen molar-refractivity contribution >= 4 is 0 Å². The van der Waals surface area contributed by atoms with Crippen LogP contribution in [-0.4, -0.2) is 18.6 Å². The van der Waals surface area contributed by atoms with Crippen molar-refractivity contribution in [1.29, 1.82) is 0 Å². The van der Waals surface area contributed by atoms with Gasteiger partial charge in [0.15, 0.2) is 0 Å². The molecule has 1 N–H and O–H groups in total. The van der Waals surface area contributed by atoms with E-state index in [1.165, 1.54) is 18.4 Å². The van der Waals surface area contributed by atoms with Crippen LogP contribution in [0.1, 0.15) is 60.2 Å². The van der Waals surface area contributed by atoms with Crippen LogP contribution in [0.2, 0.25) is 0 Å². The molecule has 196 valence electrons. The highest BCUT2D eigenvalue weighted by molar-refractivity contribution is 5.40. The van der Waals surface area contributed by atoms with E-state index in [1.807, 2.05) is 18.3 Å². The van der Waals surface area contributed by atoms with Crippen LogP contribution in [0.5, 0.6) is 5.75 Å². The molecule has 1 unspecified atom stereocenters. The van der Waals surface area contributed by atoms with Crippen LogP contribution in [0.3, 0.4) is 0 Å². The summed E-state index contributed by atoms with van der Waals surface area (Å²) < 4.78 is 12.4. The van der Waals surface area contributed by atoms with Crippen molar-refractivity contribution in [2.45, 2.75) is 50.9 Å². The summed E-state index contributed by atoms with van der Waals surface area (Å²) in [5.41, 5.74) is 4.99. The lowest BCUT2D eigenvalue weighted by molar-refractivity contribution is -0.0306. The van der Waals surface area contributed by atoms with Gasteiger partial charge in [0.25, 0.3) is 0 Å². The maximum absolute atomic E-state index is 6.99. The number of nitrogens with one attached hydrogen (secondary N) is 1. The van der Waals surface area contributed by atoms with Gasteiger partial charge in [-0.15, -0.1) is 0 Å². The second-order valence-electron chi connectivity index (χ2n) is 10.2. The molecule has 1 saturated carbocycles. The molecule has 38 heavy (non-hydrogen) atoms. The molecular formula is C34H38N2O2. The summed E-state index contributed by atoms with van der Waals surface area (Å²) in [6.45, 7) is 3.70. The van der Waals surface area contributed by atoms with Gasteiger partial charge in [0.05, 0.1) is 25.5 Å². The Balaban J connectivity index is 1.45. The summed E-state index contributed by atoms with van der Waals surface area (Å²) in [5, 5.41) is 3.70. The Morgan fingerprint density at radius 2 is 1.47 bits per heavy atom. The Labute approximate surface area is 227 Å². The predicted molar refractivity (Wildman–Crippen MR) is 153 cm³/mol. The van der Waals surface area contributed by atoms with Gasteiger partial charge < -0.3 is 14.8 Å². The number of ether oxygens (including phenoxy) is 2. The third-order valence-corrected chi connectivity index (χ3v) is 7.45. The van der Waals surface area contributed by atoms with E-state index in [1.54, 1.807) is 7.11 Å². The number of hydrogen-bond donors (Lipinski definition) is 1. The van der Waals surface area contributed by atoms with Crippen LogP contribution >= 0.6 is 0 Å². The smallest absolute Gasteiger partial charge is 0.123 e. The predicted octanol–water partition coefficient (Wildman–Crippen LogP) is 7.24. The quantitative estimate of drug-likeness (QED) is 0.207. The average Bonchev–Trinajstić information content (AvgIpc) is 3.83. The molecule has 5 rings (SSSR count). The summed E-state index contributed by atoms with van der Waals surface area (Å²) in [4.78, 5) is 4.89. The first-order chi connectivity index (χ1) is 18.7. The molecule has 1 aliphatic rings. The topological polar surface area (TPSA) is 43.4 Å². The van der Waals surface area contributed by atoms with E-state index in [0.29, 0.717) is 25.0 Å². The first kappa shape index (κ1) is 26.1. The van der Waals surface area contributed by atoms with E-state index in [9.17, 15) is 0 Å². The van der Waals surface area contributed by atoms with Crippen molar-refractivity contribution in [3.05, 3.63) is 131 Å².